The third kappa shape index (κ3) is 3.68. The highest BCUT2D eigenvalue weighted by Gasteiger charge is 2.08. The number of hydrogen-bond acceptors (Lipinski definition) is 5. The van der Waals surface area contributed by atoms with Gasteiger partial charge in [0.05, 0.1) is 4.47 Å². The summed E-state index contributed by atoms with van der Waals surface area (Å²) >= 11 is 5.11. The number of benzene rings is 1. The maximum absolute atomic E-state index is 5.39. The Bertz CT molecular complexity index is 569. The Morgan fingerprint density at radius 3 is 2.53 bits per heavy atom. The molecular formula is C13H15BrN4S. The molecule has 1 heterocycles. The fraction of sp³-hybridized carbons (Fsp3) is 0.231. The molecule has 3 N–H and O–H groups in total. The first kappa shape index (κ1) is 14.3. The van der Waals surface area contributed by atoms with Crippen molar-refractivity contribution < 1.29 is 0 Å². The maximum atomic E-state index is 5.39. The number of nitrogens with one attached hydrogen (secondary N) is 1. The Labute approximate surface area is 125 Å². The van der Waals surface area contributed by atoms with E-state index in [1.165, 1.54) is 23.0 Å². The van der Waals surface area contributed by atoms with E-state index in [1.807, 2.05) is 0 Å². The van der Waals surface area contributed by atoms with E-state index >= 15 is 0 Å². The van der Waals surface area contributed by atoms with Crippen molar-refractivity contribution in [1.29, 1.82) is 0 Å². The third-order valence-electron chi connectivity index (χ3n) is 2.55. The van der Waals surface area contributed by atoms with Crippen molar-refractivity contribution in [2.24, 2.45) is 5.84 Å². The van der Waals surface area contributed by atoms with Crippen LogP contribution in [0.3, 0.4) is 0 Å². The average Bonchev–Trinajstić information content (AvgIpc) is 2.36. The molecule has 1 aromatic heterocycles. The molecule has 100 valence electrons. The normalized spacial score (nSPS) is 10.5. The van der Waals surface area contributed by atoms with Crippen LogP contribution in [0.2, 0.25) is 0 Å². The molecule has 4 nitrogen and oxygen atoms in total. The molecule has 0 aliphatic carbocycles. The van der Waals surface area contributed by atoms with Crippen LogP contribution in [0.1, 0.15) is 16.7 Å². The van der Waals surface area contributed by atoms with E-state index < -0.39 is 0 Å². The van der Waals surface area contributed by atoms with E-state index in [9.17, 15) is 0 Å². The number of hydrogen-bond donors (Lipinski definition) is 2. The van der Waals surface area contributed by atoms with Gasteiger partial charge in [-0.2, -0.15) is 0 Å². The summed E-state index contributed by atoms with van der Waals surface area (Å²) in [6.45, 7) is 4.22. The van der Waals surface area contributed by atoms with Gasteiger partial charge >= 0.3 is 0 Å². The number of aryl methyl sites for hydroxylation is 2. The lowest BCUT2D eigenvalue weighted by Gasteiger charge is -2.08. The molecule has 0 amide bonds. The van der Waals surface area contributed by atoms with Gasteiger partial charge in [0.2, 0.25) is 0 Å². The first-order valence-electron chi connectivity index (χ1n) is 5.77. The minimum Gasteiger partial charge on any atom is -0.307 e. The van der Waals surface area contributed by atoms with Gasteiger partial charge in [-0.3, -0.25) is 0 Å². The highest BCUT2D eigenvalue weighted by atomic mass is 79.9. The van der Waals surface area contributed by atoms with Crippen molar-refractivity contribution >= 4 is 33.5 Å². The Balaban J connectivity index is 2.14. The van der Waals surface area contributed by atoms with Crippen LogP contribution in [0.4, 0.5) is 5.82 Å². The standard InChI is InChI=1S/C13H15BrN4S/c1-8-3-9(2)5-10(4-8)6-19-13-11(14)12(18-15)16-7-17-13/h3-5,7H,6,15H2,1-2H3,(H,16,17,18). The maximum Gasteiger partial charge on any atom is 0.158 e. The van der Waals surface area contributed by atoms with Crippen LogP contribution in [0, 0.1) is 13.8 Å². The number of anilines is 1. The quantitative estimate of drug-likeness (QED) is 0.387. The summed E-state index contributed by atoms with van der Waals surface area (Å²) in [4.78, 5) is 8.29. The van der Waals surface area contributed by atoms with Crippen LogP contribution >= 0.6 is 27.7 Å². The first-order valence-corrected chi connectivity index (χ1v) is 7.55. The Morgan fingerprint density at radius 1 is 1.21 bits per heavy atom. The van der Waals surface area contributed by atoms with E-state index in [4.69, 9.17) is 5.84 Å². The Hall–Kier alpha value is -1.11. The van der Waals surface area contributed by atoms with Crippen LogP contribution in [0.15, 0.2) is 34.0 Å². The van der Waals surface area contributed by atoms with Gasteiger partial charge in [-0.1, -0.05) is 29.3 Å². The van der Waals surface area contributed by atoms with Gasteiger partial charge in [-0.05, 0) is 35.3 Å². The molecule has 19 heavy (non-hydrogen) atoms. The third-order valence-corrected chi connectivity index (χ3v) is 4.63. The fourth-order valence-electron chi connectivity index (χ4n) is 1.86. The summed E-state index contributed by atoms with van der Waals surface area (Å²) in [7, 11) is 0. The molecule has 2 rings (SSSR count). The topological polar surface area (TPSA) is 63.8 Å². The highest BCUT2D eigenvalue weighted by molar-refractivity contribution is 9.10. The summed E-state index contributed by atoms with van der Waals surface area (Å²) in [6.07, 6.45) is 1.50. The van der Waals surface area contributed by atoms with E-state index in [1.54, 1.807) is 11.8 Å². The van der Waals surface area contributed by atoms with Crippen LogP contribution in [-0.4, -0.2) is 9.97 Å². The summed E-state index contributed by atoms with van der Waals surface area (Å²) in [5.74, 6) is 6.85. The number of nitrogen functional groups attached to an aromatic ring is 1. The van der Waals surface area contributed by atoms with Crippen molar-refractivity contribution in [1.82, 2.24) is 9.97 Å². The first-order chi connectivity index (χ1) is 9.10. The molecule has 0 saturated carbocycles. The molecular weight excluding hydrogens is 324 g/mol. The predicted molar refractivity (Wildman–Crippen MR) is 83.0 cm³/mol. The zero-order chi connectivity index (χ0) is 13.8. The van der Waals surface area contributed by atoms with Crippen molar-refractivity contribution in [3.8, 4) is 0 Å². The molecule has 2 aromatic rings. The second-order valence-corrected chi connectivity index (χ2v) is 6.03. The van der Waals surface area contributed by atoms with Crippen LogP contribution in [0.5, 0.6) is 0 Å². The molecule has 0 fully saturated rings. The van der Waals surface area contributed by atoms with E-state index in [0.717, 1.165) is 15.3 Å². The van der Waals surface area contributed by atoms with Gasteiger partial charge in [0, 0.05) is 5.75 Å². The van der Waals surface area contributed by atoms with Gasteiger partial charge < -0.3 is 5.43 Å². The molecule has 0 aliphatic heterocycles. The van der Waals surface area contributed by atoms with Crippen molar-refractivity contribution in [3.63, 3.8) is 0 Å². The van der Waals surface area contributed by atoms with Crippen LogP contribution in [-0.2, 0) is 5.75 Å². The second kappa shape index (κ2) is 6.36. The monoisotopic (exact) mass is 338 g/mol. The number of hydrazine groups is 1. The zero-order valence-corrected chi connectivity index (χ0v) is 13.2. The number of thioether (sulfide) groups is 1. The minimum atomic E-state index is 0.595. The van der Waals surface area contributed by atoms with Crippen LogP contribution in [0.25, 0.3) is 0 Å². The number of rotatable bonds is 4. The summed E-state index contributed by atoms with van der Waals surface area (Å²) in [5.41, 5.74) is 6.39. The van der Waals surface area contributed by atoms with Crippen LogP contribution < -0.4 is 11.3 Å². The molecule has 1 aromatic carbocycles. The largest absolute Gasteiger partial charge is 0.307 e. The van der Waals surface area contributed by atoms with Gasteiger partial charge in [0.25, 0.3) is 0 Å². The molecule has 0 bridgehead atoms. The summed E-state index contributed by atoms with van der Waals surface area (Å²) in [5, 5.41) is 0.877. The van der Waals surface area contributed by atoms with E-state index in [-0.39, 0.29) is 0 Å². The molecule has 0 saturated heterocycles. The average molecular weight is 339 g/mol. The fourth-order valence-corrected chi connectivity index (χ4v) is 3.34. The zero-order valence-electron chi connectivity index (χ0n) is 10.8. The molecule has 0 unspecified atom stereocenters. The SMILES string of the molecule is Cc1cc(C)cc(CSc2ncnc(NN)c2Br)c1. The molecule has 0 spiro atoms. The van der Waals surface area contributed by atoms with Crippen molar-refractivity contribution in [2.45, 2.75) is 24.6 Å². The lowest BCUT2D eigenvalue weighted by molar-refractivity contribution is 1.02. The Morgan fingerprint density at radius 2 is 1.89 bits per heavy atom. The smallest absolute Gasteiger partial charge is 0.158 e. The number of aromatic nitrogens is 2. The Kier molecular flexibility index (Phi) is 4.79. The second-order valence-electron chi connectivity index (χ2n) is 4.27. The lowest BCUT2D eigenvalue weighted by atomic mass is 10.1. The van der Waals surface area contributed by atoms with E-state index in [0.29, 0.717) is 5.82 Å². The summed E-state index contributed by atoms with van der Waals surface area (Å²) < 4.78 is 0.798. The number of halogens is 1. The molecule has 6 heteroatoms. The number of nitrogens with two attached hydrogens (primary N) is 1. The highest BCUT2D eigenvalue weighted by Crippen LogP contribution is 2.31. The predicted octanol–water partition coefficient (Wildman–Crippen LogP) is 3.43. The van der Waals surface area contributed by atoms with Crippen molar-refractivity contribution in [2.75, 3.05) is 5.43 Å². The molecule has 0 atom stereocenters. The van der Waals surface area contributed by atoms with Gasteiger partial charge in [-0.25, -0.2) is 15.8 Å². The molecule has 0 radical (unpaired) electrons. The van der Waals surface area contributed by atoms with Gasteiger partial charge in [0.1, 0.15) is 11.4 Å². The minimum absolute atomic E-state index is 0.595. The van der Waals surface area contributed by atoms with Gasteiger partial charge in [-0.15, -0.1) is 11.8 Å². The molecule has 0 aliphatic rings. The van der Waals surface area contributed by atoms with Crippen molar-refractivity contribution in [3.05, 3.63) is 45.7 Å². The summed E-state index contributed by atoms with van der Waals surface area (Å²) in [6, 6.07) is 6.56. The van der Waals surface area contributed by atoms with E-state index in [2.05, 4.69) is 63.4 Å². The lowest BCUT2D eigenvalue weighted by Crippen LogP contribution is -2.09. The van der Waals surface area contributed by atoms with Gasteiger partial charge in [0.15, 0.2) is 5.82 Å². The number of nitrogens with zero attached hydrogens (tertiary/aromatic N) is 2.